The van der Waals surface area contributed by atoms with Crippen LogP contribution >= 0.6 is 23.1 Å². The van der Waals surface area contributed by atoms with Crippen molar-refractivity contribution < 1.29 is 84.2 Å². The maximum absolute atomic E-state index is 12.7. The number of imidazole rings is 1. The molecule has 0 spiro atoms. The molecule has 3 heterocycles. The normalized spacial score (nSPS) is 12.9. The largest absolute Gasteiger partial charge is 0.495 e. The number of pyridine rings is 1. The van der Waals surface area contributed by atoms with Gasteiger partial charge >= 0.3 is 0 Å². The van der Waals surface area contributed by atoms with Crippen LogP contribution < -0.4 is 14.8 Å². The maximum Gasteiger partial charge on any atom is 0.300 e. The van der Waals surface area contributed by atoms with Gasteiger partial charge in [0.2, 0.25) is 16.9 Å². The number of carbonyl (C=O) groups is 1. The van der Waals surface area contributed by atoms with E-state index < -0.39 is 88.6 Å². The molecule has 30 nitrogen and oxygen atoms in total. The first-order valence-corrected chi connectivity index (χ1v) is 32.6. The highest BCUT2D eigenvalue weighted by atomic mass is 32.2. The van der Waals surface area contributed by atoms with Crippen LogP contribution in [0.5, 0.6) is 17.4 Å². The molecule has 0 bridgehead atoms. The van der Waals surface area contributed by atoms with Crippen LogP contribution in [0.15, 0.2) is 111 Å². The first-order chi connectivity index (χ1) is 38.8. The van der Waals surface area contributed by atoms with Crippen molar-refractivity contribution in [1.82, 2.24) is 14.4 Å². The fourth-order valence-corrected chi connectivity index (χ4v) is 13.3. The number of anilines is 1. The molecule has 7 N–H and O–H groups in total. The van der Waals surface area contributed by atoms with Crippen LogP contribution in [-0.2, 0) is 55.4 Å². The highest BCUT2D eigenvalue weighted by Crippen LogP contribution is 2.46. The lowest BCUT2D eigenvalue weighted by Crippen LogP contribution is -2.08. The molecule has 0 atom stereocenters. The van der Waals surface area contributed by atoms with Gasteiger partial charge in [-0.3, -0.25) is 32.0 Å². The summed E-state index contributed by atoms with van der Waals surface area (Å²) >= 11 is 1.79. The predicted octanol–water partition coefficient (Wildman–Crippen LogP) is 9.42. The van der Waals surface area contributed by atoms with Gasteiger partial charge in [0, 0.05) is 28.8 Å². The van der Waals surface area contributed by atoms with Gasteiger partial charge in [-0.1, -0.05) is 17.4 Å². The van der Waals surface area contributed by atoms with Crippen LogP contribution in [0.25, 0.3) is 37.7 Å². The van der Waals surface area contributed by atoms with E-state index >= 15 is 0 Å². The Morgan fingerprint density at radius 2 is 1.43 bits per heavy atom. The summed E-state index contributed by atoms with van der Waals surface area (Å²) in [6, 6.07) is 14.2. The van der Waals surface area contributed by atoms with E-state index in [-0.39, 0.29) is 130 Å². The molecule has 0 aliphatic carbocycles. The Labute approximate surface area is 478 Å². The van der Waals surface area contributed by atoms with E-state index in [1.54, 1.807) is 6.92 Å². The quantitative estimate of drug-likeness (QED) is 0.0152. The summed E-state index contributed by atoms with van der Waals surface area (Å²) < 4.78 is 182. The van der Waals surface area contributed by atoms with Crippen molar-refractivity contribution in [3.05, 3.63) is 77.4 Å². The third kappa shape index (κ3) is 13.9. The number of hydrogen-bond donors (Lipinski definition) is 7. The third-order valence-electron chi connectivity index (χ3n) is 11.7. The van der Waals surface area contributed by atoms with Crippen molar-refractivity contribution >= 4 is 157 Å². The number of nitriles is 1. The van der Waals surface area contributed by atoms with Crippen LogP contribution in [0.1, 0.15) is 36.5 Å². The van der Waals surface area contributed by atoms with E-state index in [0.717, 1.165) is 52.8 Å². The second kappa shape index (κ2) is 23.5. The van der Waals surface area contributed by atoms with Crippen LogP contribution in [0.2, 0.25) is 0 Å². The number of nitrogens with zero attached hydrogens (tertiary/aromatic N) is 10. The zero-order chi connectivity index (χ0) is 60.7. The number of methoxy groups -OCH3 is 1. The number of azo groups is 3. The Bertz CT molecular complexity index is 4770. The van der Waals surface area contributed by atoms with Gasteiger partial charge in [-0.15, -0.1) is 37.3 Å². The first-order valence-electron chi connectivity index (χ1n) is 23.2. The van der Waals surface area contributed by atoms with Gasteiger partial charge < -0.3 is 19.9 Å². The summed E-state index contributed by atoms with van der Waals surface area (Å²) in [5, 5.41) is 50.5. The minimum absolute atomic E-state index is 0.0111. The second-order valence-corrected chi connectivity index (χ2v) is 27.0. The number of hydrogen-bond acceptors (Lipinski definition) is 25. The number of carbonyl (C=O) groups excluding carboxylic acids is 1. The van der Waals surface area contributed by atoms with Gasteiger partial charge in [-0.2, -0.15) is 52.5 Å². The molecule has 83 heavy (non-hydrogen) atoms. The molecule has 0 fully saturated rings. The Kier molecular flexibility index (Phi) is 17.4. The lowest BCUT2D eigenvalue weighted by molar-refractivity contribution is -0.114. The highest BCUT2D eigenvalue weighted by molar-refractivity contribution is 7.99. The molecule has 0 saturated heterocycles. The van der Waals surface area contributed by atoms with Gasteiger partial charge in [0.15, 0.2) is 16.2 Å². The van der Waals surface area contributed by atoms with E-state index in [1.807, 2.05) is 6.07 Å². The number of nitrogens with one attached hydrogen (secondary N) is 1. The monoisotopic (exact) mass is 1280 g/mol. The number of aromatic hydroxyl groups is 1. The standard InChI is InChI=1S/C46H41N11O19S7/c1-22-15-33(53-55-39-23(2)28(21-47)44-49-29-9-10-35(75-4)43(83(72,73)74)41(29)57(44)45(39)59)36(76-11-5-13-79(60,61)62)19-30(22)51-54-34-18-31(48-24(3)58)32(20-37(34)77-12-6-14-80(63,64)65)52-56-46-50-40-38(82(69,70)71)17-25-16-26(81(66,67)68)7-8-27(25)42(40)78-46/h7-10,15-20,59H,5-6,11-14H2,1-4H3,(H,48,58)(H,60,61,62)(H,63,64,65)(H,66,67,68)(H,69,70,71)(H,72,73,74). The number of benzene rings is 5. The molecule has 0 unspecified atom stereocenters. The number of rotatable bonds is 21. The summed E-state index contributed by atoms with van der Waals surface area (Å²) in [4.78, 5) is 19.4. The second-order valence-electron chi connectivity index (χ2n) is 17.6. The lowest BCUT2D eigenvalue weighted by Gasteiger charge is -2.13. The number of ether oxygens (including phenoxy) is 2. The Balaban J connectivity index is 1.23. The van der Waals surface area contributed by atoms with Gasteiger partial charge in [0.1, 0.15) is 56.1 Å². The van der Waals surface area contributed by atoms with Crippen molar-refractivity contribution in [3.8, 4) is 23.4 Å². The van der Waals surface area contributed by atoms with E-state index in [1.165, 1.54) is 56.3 Å². The van der Waals surface area contributed by atoms with Crippen molar-refractivity contribution in [1.29, 1.82) is 5.26 Å². The van der Waals surface area contributed by atoms with E-state index in [2.05, 4.69) is 46.0 Å². The zero-order valence-electron chi connectivity index (χ0n) is 42.8. The van der Waals surface area contributed by atoms with Crippen LogP contribution in [0.4, 0.5) is 39.3 Å². The number of thioether (sulfide) groups is 1. The number of aromatic nitrogens is 3. The van der Waals surface area contributed by atoms with Gasteiger partial charge in [-0.25, -0.2) is 9.97 Å². The van der Waals surface area contributed by atoms with Crippen LogP contribution in [0.3, 0.4) is 0 Å². The van der Waals surface area contributed by atoms with Crippen molar-refractivity contribution in [2.45, 2.75) is 53.2 Å². The minimum atomic E-state index is -5.07. The average molecular weight is 1280 g/mol. The molecular weight excluding hydrogens is 1240 g/mol. The molecule has 0 aliphatic heterocycles. The van der Waals surface area contributed by atoms with Gasteiger partial charge in [0.05, 0.1) is 51.7 Å². The van der Waals surface area contributed by atoms with E-state index in [9.17, 15) is 80.0 Å². The SMILES string of the molecule is COc1ccc2nc3c(C#N)c(C)c(N=Nc4cc(C)c(N=Nc5cc(NC(C)=O)c(N=Nc6nc7c(S(=O)(=O)O)cc8cc(S(=O)(=O)O)ccc8c7s6)cc5SCCCS(=O)(=O)O)cc4OCCCS(=O)(=O)O)c(O)n3c2c1S(=O)(=O)O. The van der Waals surface area contributed by atoms with Gasteiger partial charge in [0.25, 0.3) is 50.6 Å². The number of thiazole rings is 1. The third-order valence-corrected chi connectivity index (χ3v) is 18.1. The van der Waals surface area contributed by atoms with E-state index in [4.69, 9.17) is 9.47 Å². The maximum atomic E-state index is 12.7. The Morgan fingerprint density at radius 3 is 2.07 bits per heavy atom. The number of fused-ring (bicyclic) bond motifs is 6. The summed E-state index contributed by atoms with van der Waals surface area (Å²) in [6.07, 6.45) is -0.327. The van der Waals surface area contributed by atoms with Crippen molar-refractivity contribution in [2.24, 2.45) is 30.7 Å². The molecule has 1 amide bonds. The molecule has 436 valence electrons. The van der Waals surface area contributed by atoms with Crippen LogP contribution in [0, 0.1) is 25.2 Å². The number of aryl methyl sites for hydroxylation is 1. The fraction of sp³-hybridized carbons (Fsp3) is 0.217. The van der Waals surface area contributed by atoms with Gasteiger partial charge in [-0.05, 0) is 91.9 Å². The number of amides is 1. The molecule has 5 aromatic carbocycles. The summed E-state index contributed by atoms with van der Waals surface area (Å²) in [5.41, 5.74) is -1.28. The molecular formula is C46H41N11O19S7. The molecule has 8 rings (SSSR count). The Hall–Kier alpha value is -7.74. The summed E-state index contributed by atoms with van der Waals surface area (Å²) in [5.74, 6) is -3.17. The molecule has 0 saturated carbocycles. The lowest BCUT2D eigenvalue weighted by atomic mass is 10.1. The topological polar surface area (TPSA) is 468 Å². The fourth-order valence-electron chi connectivity index (χ4n) is 8.09. The Morgan fingerprint density at radius 1 is 0.759 bits per heavy atom. The minimum Gasteiger partial charge on any atom is -0.495 e. The predicted molar refractivity (Wildman–Crippen MR) is 300 cm³/mol. The molecule has 3 aromatic heterocycles. The first kappa shape index (κ1) is 61.3. The molecule has 0 radical (unpaired) electrons. The van der Waals surface area contributed by atoms with Crippen molar-refractivity contribution in [3.63, 3.8) is 0 Å². The van der Waals surface area contributed by atoms with E-state index in [0.29, 0.717) is 5.56 Å². The molecule has 37 heteroatoms. The molecule has 0 aliphatic rings. The highest BCUT2D eigenvalue weighted by Gasteiger charge is 2.29. The van der Waals surface area contributed by atoms with Crippen LogP contribution in [-0.4, -0.2) is 121 Å². The molecule has 8 aromatic rings. The zero-order valence-corrected chi connectivity index (χ0v) is 48.6. The van der Waals surface area contributed by atoms with Crippen molar-refractivity contribution in [2.75, 3.05) is 36.3 Å². The summed E-state index contributed by atoms with van der Waals surface area (Å²) in [7, 11) is -22.5. The average Bonchev–Trinajstić information content (AvgIpc) is 2.11. The summed E-state index contributed by atoms with van der Waals surface area (Å²) in [6.45, 7) is 3.77. The smallest absolute Gasteiger partial charge is 0.300 e.